The Hall–Kier alpha value is -2.33. The van der Waals surface area contributed by atoms with Gasteiger partial charge >= 0.3 is 5.97 Å². The van der Waals surface area contributed by atoms with Crippen molar-refractivity contribution in [2.24, 2.45) is 0 Å². The third-order valence-electron chi connectivity index (χ3n) is 5.27. The summed E-state index contributed by atoms with van der Waals surface area (Å²) in [5, 5.41) is 0. The maximum Gasteiger partial charge on any atom is 0.315 e. The van der Waals surface area contributed by atoms with E-state index < -0.39 is 5.41 Å². The number of benzene rings is 2. The monoisotopic (exact) mass is 352 g/mol. The van der Waals surface area contributed by atoms with Crippen molar-refractivity contribution < 1.29 is 9.53 Å². The second-order valence-electron chi connectivity index (χ2n) is 7.41. The van der Waals surface area contributed by atoms with Crippen LogP contribution in [0.4, 0.5) is 5.69 Å². The van der Waals surface area contributed by atoms with Gasteiger partial charge in [-0.2, -0.15) is 0 Å². The Kier molecular flexibility index (Phi) is 5.62. The number of ether oxygens (including phenoxy) is 1. The van der Waals surface area contributed by atoms with Crippen molar-refractivity contribution in [2.45, 2.75) is 25.8 Å². The van der Waals surface area contributed by atoms with Crippen LogP contribution in [-0.4, -0.2) is 44.2 Å². The molecule has 0 aliphatic carbocycles. The number of rotatable bonds is 5. The summed E-state index contributed by atoms with van der Waals surface area (Å²) in [6, 6.07) is 19.0. The first-order valence-corrected chi connectivity index (χ1v) is 9.21. The lowest BCUT2D eigenvalue weighted by Crippen LogP contribution is -2.46. The summed E-state index contributed by atoms with van der Waals surface area (Å²) in [6.07, 6.45) is 0. The molecule has 0 unspecified atom stereocenters. The first-order valence-electron chi connectivity index (χ1n) is 9.21. The van der Waals surface area contributed by atoms with E-state index in [4.69, 9.17) is 4.74 Å². The van der Waals surface area contributed by atoms with Crippen molar-refractivity contribution in [1.29, 1.82) is 0 Å². The molecule has 4 nitrogen and oxygen atoms in total. The molecule has 138 valence electrons. The molecule has 2 aromatic rings. The van der Waals surface area contributed by atoms with Crippen LogP contribution < -0.4 is 4.90 Å². The number of piperazine rings is 1. The molecule has 1 fully saturated rings. The summed E-state index contributed by atoms with van der Waals surface area (Å²) in [4.78, 5) is 16.9. The van der Waals surface area contributed by atoms with Gasteiger partial charge in [-0.3, -0.25) is 9.69 Å². The van der Waals surface area contributed by atoms with Gasteiger partial charge in [0.2, 0.25) is 0 Å². The van der Waals surface area contributed by atoms with Gasteiger partial charge < -0.3 is 9.64 Å². The van der Waals surface area contributed by atoms with Crippen molar-refractivity contribution in [3.8, 4) is 0 Å². The van der Waals surface area contributed by atoms with Crippen LogP contribution in [0.1, 0.15) is 25.0 Å². The molecule has 0 amide bonds. The Labute approximate surface area is 156 Å². The SMILES string of the molecule is COC(=O)C(C)(C)c1ccc(N2CCN(Cc3ccccc3)CC2)cc1. The Bertz CT molecular complexity index is 718. The second-order valence-corrected chi connectivity index (χ2v) is 7.41. The number of anilines is 1. The lowest BCUT2D eigenvalue weighted by atomic mass is 9.84. The zero-order valence-electron chi connectivity index (χ0n) is 15.9. The van der Waals surface area contributed by atoms with Crippen molar-refractivity contribution in [3.63, 3.8) is 0 Å². The largest absolute Gasteiger partial charge is 0.468 e. The highest BCUT2D eigenvalue weighted by atomic mass is 16.5. The minimum atomic E-state index is -0.623. The summed E-state index contributed by atoms with van der Waals surface area (Å²) in [5.41, 5.74) is 2.95. The van der Waals surface area contributed by atoms with Crippen molar-refractivity contribution in [1.82, 2.24) is 4.90 Å². The number of hydrogen-bond donors (Lipinski definition) is 0. The second kappa shape index (κ2) is 7.92. The minimum Gasteiger partial charge on any atom is -0.468 e. The van der Waals surface area contributed by atoms with E-state index in [0.29, 0.717) is 0 Å². The lowest BCUT2D eigenvalue weighted by Gasteiger charge is -2.36. The fourth-order valence-electron chi connectivity index (χ4n) is 3.47. The van der Waals surface area contributed by atoms with Gasteiger partial charge in [0.15, 0.2) is 0 Å². The normalized spacial score (nSPS) is 15.7. The Morgan fingerprint density at radius 2 is 1.58 bits per heavy atom. The molecule has 3 rings (SSSR count). The highest BCUT2D eigenvalue weighted by Crippen LogP contribution is 2.27. The van der Waals surface area contributed by atoms with Gasteiger partial charge in [-0.1, -0.05) is 42.5 Å². The number of carbonyl (C=O) groups excluding carboxylic acids is 1. The average molecular weight is 352 g/mol. The van der Waals surface area contributed by atoms with Gasteiger partial charge in [-0.15, -0.1) is 0 Å². The smallest absolute Gasteiger partial charge is 0.315 e. The van der Waals surface area contributed by atoms with Gasteiger partial charge in [0.25, 0.3) is 0 Å². The van der Waals surface area contributed by atoms with E-state index in [-0.39, 0.29) is 5.97 Å². The standard InChI is InChI=1S/C22H28N2O2/c1-22(2,21(25)26-3)19-9-11-20(12-10-19)24-15-13-23(14-16-24)17-18-7-5-4-6-8-18/h4-12H,13-17H2,1-3H3. The fourth-order valence-corrected chi connectivity index (χ4v) is 3.47. The Morgan fingerprint density at radius 3 is 2.15 bits per heavy atom. The molecule has 0 atom stereocenters. The van der Waals surface area contributed by atoms with Crippen molar-refractivity contribution >= 4 is 11.7 Å². The summed E-state index contributed by atoms with van der Waals surface area (Å²) in [5.74, 6) is -0.209. The molecular weight excluding hydrogens is 324 g/mol. The lowest BCUT2D eigenvalue weighted by molar-refractivity contribution is -0.146. The first kappa shape index (κ1) is 18.5. The Morgan fingerprint density at radius 1 is 0.962 bits per heavy atom. The van der Waals surface area contributed by atoms with Crippen molar-refractivity contribution in [2.75, 3.05) is 38.2 Å². The zero-order chi connectivity index (χ0) is 18.6. The van der Waals surface area contributed by atoms with E-state index in [9.17, 15) is 4.79 Å². The molecule has 0 saturated carbocycles. The molecule has 1 heterocycles. The van der Waals surface area contributed by atoms with Crippen LogP contribution in [0.3, 0.4) is 0 Å². The van der Waals surface area contributed by atoms with Crippen LogP contribution in [0.5, 0.6) is 0 Å². The van der Waals surface area contributed by atoms with Crippen LogP contribution in [0.25, 0.3) is 0 Å². The summed E-state index contributed by atoms with van der Waals surface area (Å²) >= 11 is 0. The third kappa shape index (κ3) is 4.07. The molecule has 1 aliphatic heterocycles. The van der Waals surface area contributed by atoms with E-state index in [1.165, 1.54) is 18.4 Å². The van der Waals surface area contributed by atoms with Crippen LogP contribution in [0, 0.1) is 0 Å². The first-order chi connectivity index (χ1) is 12.5. The van der Waals surface area contributed by atoms with E-state index in [1.807, 2.05) is 26.0 Å². The summed E-state index contributed by atoms with van der Waals surface area (Å²) < 4.78 is 4.92. The quantitative estimate of drug-likeness (QED) is 0.772. The molecule has 4 heteroatoms. The van der Waals surface area contributed by atoms with Gasteiger partial charge in [0.05, 0.1) is 12.5 Å². The third-order valence-corrected chi connectivity index (χ3v) is 5.27. The molecule has 0 N–H and O–H groups in total. The summed E-state index contributed by atoms with van der Waals surface area (Å²) in [7, 11) is 1.44. The number of nitrogens with zero attached hydrogens (tertiary/aromatic N) is 2. The van der Waals surface area contributed by atoms with Gasteiger partial charge in [-0.25, -0.2) is 0 Å². The fraction of sp³-hybridized carbons (Fsp3) is 0.409. The van der Waals surface area contributed by atoms with E-state index in [2.05, 4.69) is 52.3 Å². The highest BCUT2D eigenvalue weighted by molar-refractivity contribution is 5.82. The maximum atomic E-state index is 12.0. The van der Waals surface area contributed by atoms with Crippen molar-refractivity contribution in [3.05, 3.63) is 65.7 Å². The number of esters is 1. The number of hydrogen-bond acceptors (Lipinski definition) is 4. The van der Waals surface area contributed by atoms with E-state index in [1.54, 1.807) is 0 Å². The maximum absolute atomic E-state index is 12.0. The molecule has 0 bridgehead atoms. The Balaban J connectivity index is 1.59. The van der Waals surface area contributed by atoms with Gasteiger partial charge in [0.1, 0.15) is 0 Å². The van der Waals surface area contributed by atoms with Gasteiger partial charge in [-0.05, 0) is 37.1 Å². The molecule has 0 spiro atoms. The van der Waals surface area contributed by atoms with Crippen LogP contribution in [0.2, 0.25) is 0 Å². The minimum absolute atomic E-state index is 0.209. The average Bonchev–Trinajstić information content (AvgIpc) is 2.69. The van der Waals surface area contributed by atoms with Crippen LogP contribution in [-0.2, 0) is 21.5 Å². The zero-order valence-corrected chi connectivity index (χ0v) is 15.9. The molecule has 1 aliphatic rings. The predicted octanol–water partition coefficient (Wildman–Crippen LogP) is 3.46. The number of methoxy groups -OCH3 is 1. The predicted molar refractivity (Wildman–Crippen MR) is 105 cm³/mol. The molecule has 0 radical (unpaired) electrons. The van der Waals surface area contributed by atoms with E-state index in [0.717, 1.165) is 38.3 Å². The topological polar surface area (TPSA) is 32.8 Å². The molecule has 2 aromatic carbocycles. The number of carbonyl (C=O) groups is 1. The van der Waals surface area contributed by atoms with Crippen LogP contribution >= 0.6 is 0 Å². The molecule has 0 aromatic heterocycles. The summed E-state index contributed by atoms with van der Waals surface area (Å²) in [6.45, 7) is 8.97. The highest BCUT2D eigenvalue weighted by Gasteiger charge is 2.30. The van der Waals surface area contributed by atoms with Crippen LogP contribution in [0.15, 0.2) is 54.6 Å². The molecule has 1 saturated heterocycles. The van der Waals surface area contributed by atoms with E-state index >= 15 is 0 Å². The molecule has 26 heavy (non-hydrogen) atoms. The molecular formula is C22H28N2O2. The van der Waals surface area contributed by atoms with Gasteiger partial charge in [0, 0.05) is 38.4 Å².